The lowest BCUT2D eigenvalue weighted by molar-refractivity contribution is -0.117. The normalized spacial score (nSPS) is 12.0. The number of anilines is 1. The second kappa shape index (κ2) is 6.76. The monoisotopic (exact) mass is 336 g/mol. The van der Waals surface area contributed by atoms with Crippen LogP contribution in [0.2, 0.25) is 0 Å². The summed E-state index contributed by atoms with van der Waals surface area (Å²) in [6.07, 6.45) is 0. The number of H-pyrrole nitrogens is 1. The molecule has 0 aliphatic rings. The molecule has 3 aromatic rings. The van der Waals surface area contributed by atoms with E-state index in [1.807, 2.05) is 56.3 Å². The van der Waals surface area contributed by atoms with Crippen LogP contribution in [-0.2, 0) is 4.79 Å². The molecule has 1 atom stereocenters. The highest BCUT2D eigenvalue weighted by Crippen LogP contribution is 2.16. The molecule has 0 radical (unpaired) electrons. The molecular weight excluding hydrogens is 316 g/mol. The van der Waals surface area contributed by atoms with Gasteiger partial charge in [-0.15, -0.1) is 0 Å². The molecule has 128 valence electrons. The molecule has 0 aliphatic heterocycles. The van der Waals surface area contributed by atoms with Crippen molar-refractivity contribution in [3.63, 3.8) is 0 Å². The van der Waals surface area contributed by atoms with Crippen LogP contribution >= 0.6 is 0 Å². The molecule has 0 spiro atoms. The smallest absolute Gasteiger partial charge is 0.273 e. The number of fused-ring (bicyclic) bond motifs is 1. The summed E-state index contributed by atoms with van der Waals surface area (Å²) in [4.78, 5) is 24.7. The molecule has 2 amide bonds. The summed E-state index contributed by atoms with van der Waals surface area (Å²) in [5, 5.41) is 13.1. The van der Waals surface area contributed by atoms with Gasteiger partial charge >= 0.3 is 0 Å². The predicted molar refractivity (Wildman–Crippen MR) is 97.6 cm³/mol. The maximum absolute atomic E-state index is 12.4. The van der Waals surface area contributed by atoms with E-state index in [-0.39, 0.29) is 17.5 Å². The summed E-state index contributed by atoms with van der Waals surface area (Å²) in [7, 11) is 0. The van der Waals surface area contributed by atoms with Gasteiger partial charge < -0.3 is 10.6 Å². The zero-order chi connectivity index (χ0) is 18.0. The van der Waals surface area contributed by atoms with E-state index in [4.69, 9.17) is 0 Å². The predicted octanol–water partition coefficient (Wildman–Crippen LogP) is 2.94. The van der Waals surface area contributed by atoms with Gasteiger partial charge in [0, 0.05) is 11.1 Å². The third-order valence-corrected chi connectivity index (χ3v) is 4.20. The molecule has 1 aromatic heterocycles. The van der Waals surface area contributed by atoms with Crippen LogP contribution in [0, 0.1) is 13.8 Å². The van der Waals surface area contributed by atoms with Gasteiger partial charge in [-0.05, 0) is 50.1 Å². The highest BCUT2D eigenvalue weighted by Gasteiger charge is 2.20. The number of nitrogens with zero attached hydrogens (tertiary/aromatic N) is 1. The number of aryl methyl sites for hydroxylation is 2. The Morgan fingerprint density at radius 1 is 1.08 bits per heavy atom. The van der Waals surface area contributed by atoms with Gasteiger partial charge in [-0.25, -0.2) is 0 Å². The van der Waals surface area contributed by atoms with Crippen LogP contribution in [0.3, 0.4) is 0 Å². The molecule has 1 heterocycles. The summed E-state index contributed by atoms with van der Waals surface area (Å²) in [5.41, 5.74) is 4.02. The average molecular weight is 336 g/mol. The SMILES string of the molecule is Cc1ccc(NC(=O)C(C)NC(=O)c2n[nH]c3ccccc23)cc1C. The number of aromatic nitrogens is 2. The summed E-state index contributed by atoms with van der Waals surface area (Å²) < 4.78 is 0. The maximum atomic E-state index is 12.4. The molecule has 0 saturated heterocycles. The largest absolute Gasteiger partial charge is 0.339 e. The Morgan fingerprint density at radius 2 is 1.84 bits per heavy atom. The van der Waals surface area contributed by atoms with Gasteiger partial charge in [0.25, 0.3) is 5.91 Å². The molecule has 2 aromatic carbocycles. The van der Waals surface area contributed by atoms with Gasteiger partial charge in [-0.3, -0.25) is 14.7 Å². The molecule has 0 saturated carbocycles. The first-order chi connectivity index (χ1) is 12.0. The van der Waals surface area contributed by atoms with Crippen LogP contribution in [0.15, 0.2) is 42.5 Å². The van der Waals surface area contributed by atoms with E-state index in [1.165, 1.54) is 0 Å². The summed E-state index contributed by atoms with van der Waals surface area (Å²) >= 11 is 0. The van der Waals surface area contributed by atoms with Gasteiger partial charge in [0.1, 0.15) is 6.04 Å². The molecule has 0 aliphatic carbocycles. The number of carbonyl (C=O) groups excluding carboxylic acids is 2. The fraction of sp³-hybridized carbons (Fsp3) is 0.211. The first kappa shape index (κ1) is 16.7. The second-order valence-electron chi connectivity index (χ2n) is 6.10. The van der Waals surface area contributed by atoms with Crippen molar-refractivity contribution in [3.8, 4) is 0 Å². The number of benzene rings is 2. The number of amides is 2. The van der Waals surface area contributed by atoms with Crippen molar-refractivity contribution in [2.24, 2.45) is 0 Å². The maximum Gasteiger partial charge on any atom is 0.273 e. The van der Waals surface area contributed by atoms with Crippen molar-refractivity contribution >= 4 is 28.4 Å². The molecule has 6 heteroatoms. The summed E-state index contributed by atoms with van der Waals surface area (Å²) in [6.45, 7) is 5.64. The molecular formula is C19H20N4O2. The first-order valence-corrected chi connectivity index (χ1v) is 8.08. The first-order valence-electron chi connectivity index (χ1n) is 8.08. The third kappa shape index (κ3) is 3.52. The topological polar surface area (TPSA) is 86.9 Å². The van der Waals surface area contributed by atoms with E-state index in [9.17, 15) is 9.59 Å². The highest BCUT2D eigenvalue weighted by molar-refractivity contribution is 6.06. The Morgan fingerprint density at radius 3 is 2.60 bits per heavy atom. The van der Waals surface area contributed by atoms with Crippen molar-refractivity contribution in [2.75, 3.05) is 5.32 Å². The minimum atomic E-state index is -0.690. The van der Waals surface area contributed by atoms with Gasteiger partial charge in [-0.1, -0.05) is 24.3 Å². The number of rotatable bonds is 4. The molecule has 3 rings (SSSR count). The van der Waals surface area contributed by atoms with E-state index in [1.54, 1.807) is 6.92 Å². The zero-order valence-electron chi connectivity index (χ0n) is 14.4. The van der Waals surface area contributed by atoms with Crippen LogP contribution in [0.4, 0.5) is 5.69 Å². The number of para-hydroxylation sites is 1. The van der Waals surface area contributed by atoms with Crippen molar-refractivity contribution in [1.29, 1.82) is 0 Å². The van der Waals surface area contributed by atoms with Crippen molar-refractivity contribution < 1.29 is 9.59 Å². The lowest BCUT2D eigenvalue weighted by atomic mass is 10.1. The molecule has 0 bridgehead atoms. The van der Waals surface area contributed by atoms with Crippen molar-refractivity contribution in [3.05, 3.63) is 59.3 Å². The Hall–Kier alpha value is -3.15. The van der Waals surface area contributed by atoms with Crippen LogP contribution in [-0.4, -0.2) is 28.1 Å². The fourth-order valence-electron chi connectivity index (χ4n) is 2.54. The number of carbonyl (C=O) groups is 2. The Bertz CT molecular complexity index is 946. The minimum absolute atomic E-state index is 0.279. The Kier molecular flexibility index (Phi) is 4.52. The molecule has 6 nitrogen and oxygen atoms in total. The highest BCUT2D eigenvalue weighted by atomic mass is 16.2. The van der Waals surface area contributed by atoms with E-state index in [0.717, 1.165) is 22.0 Å². The lowest BCUT2D eigenvalue weighted by Crippen LogP contribution is -2.41. The number of aromatic amines is 1. The molecule has 0 fully saturated rings. The van der Waals surface area contributed by atoms with Crippen LogP contribution in [0.1, 0.15) is 28.5 Å². The minimum Gasteiger partial charge on any atom is -0.339 e. The molecule has 25 heavy (non-hydrogen) atoms. The standard InChI is InChI=1S/C19H20N4O2/c1-11-8-9-14(10-12(11)2)21-18(24)13(3)20-19(25)17-15-6-4-5-7-16(15)22-23-17/h4-10,13H,1-3H3,(H,20,25)(H,21,24)(H,22,23). The van der Waals surface area contributed by atoms with Crippen molar-refractivity contribution in [2.45, 2.75) is 26.8 Å². The quantitative estimate of drug-likeness (QED) is 0.684. The van der Waals surface area contributed by atoms with Crippen molar-refractivity contribution in [1.82, 2.24) is 15.5 Å². The number of nitrogens with one attached hydrogen (secondary N) is 3. The van der Waals surface area contributed by atoms with Gasteiger partial charge in [0.2, 0.25) is 5.91 Å². The number of hydrogen-bond acceptors (Lipinski definition) is 3. The molecule has 3 N–H and O–H groups in total. The zero-order valence-corrected chi connectivity index (χ0v) is 14.4. The van der Waals surface area contributed by atoms with E-state index in [0.29, 0.717) is 5.69 Å². The van der Waals surface area contributed by atoms with Crippen LogP contribution in [0.25, 0.3) is 10.9 Å². The summed E-state index contributed by atoms with van der Waals surface area (Å²) in [5.74, 6) is -0.670. The average Bonchev–Trinajstić information content (AvgIpc) is 3.02. The Balaban J connectivity index is 1.68. The number of hydrogen-bond donors (Lipinski definition) is 3. The second-order valence-corrected chi connectivity index (χ2v) is 6.10. The lowest BCUT2D eigenvalue weighted by Gasteiger charge is -2.14. The van der Waals surface area contributed by atoms with Gasteiger partial charge in [-0.2, -0.15) is 5.10 Å². The van der Waals surface area contributed by atoms with Gasteiger partial charge in [0.05, 0.1) is 5.52 Å². The van der Waals surface area contributed by atoms with E-state index >= 15 is 0 Å². The van der Waals surface area contributed by atoms with E-state index in [2.05, 4.69) is 20.8 Å². The fourth-order valence-corrected chi connectivity index (χ4v) is 2.54. The summed E-state index contributed by atoms with van der Waals surface area (Å²) in [6, 6.07) is 12.4. The van der Waals surface area contributed by atoms with Crippen LogP contribution in [0.5, 0.6) is 0 Å². The van der Waals surface area contributed by atoms with E-state index < -0.39 is 6.04 Å². The van der Waals surface area contributed by atoms with Gasteiger partial charge in [0.15, 0.2) is 5.69 Å². The molecule has 1 unspecified atom stereocenters. The Labute approximate surface area is 145 Å². The third-order valence-electron chi connectivity index (χ3n) is 4.20. The van der Waals surface area contributed by atoms with Crippen LogP contribution < -0.4 is 10.6 Å².